The molecule has 1 atom stereocenters. The van der Waals surface area contributed by atoms with Crippen LogP contribution >= 0.6 is 22.9 Å². The topological polar surface area (TPSA) is 93.5 Å². The molecule has 0 bridgehead atoms. The predicted molar refractivity (Wildman–Crippen MR) is 123 cm³/mol. The number of nitrogens with zero attached hydrogens (tertiary/aromatic N) is 1. The minimum Gasteiger partial charge on any atom is -0.376 e. The van der Waals surface area contributed by atoms with Crippen molar-refractivity contribution in [3.63, 3.8) is 0 Å². The van der Waals surface area contributed by atoms with Gasteiger partial charge in [0, 0.05) is 34.7 Å². The lowest BCUT2D eigenvalue weighted by Crippen LogP contribution is -2.32. The Morgan fingerprint density at radius 1 is 1.16 bits per heavy atom. The minimum absolute atomic E-state index is 0.0603. The van der Waals surface area contributed by atoms with Crippen LogP contribution in [-0.4, -0.2) is 36.2 Å². The number of benzene rings is 1. The Morgan fingerprint density at radius 3 is 2.78 bits per heavy atom. The summed E-state index contributed by atoms with van der Waals surface area (Å²) in [6, 6.07) is 8.66. The highest BCUT2D eigenvalue weighted by Crippen LogP contribution is 2.39. The zero-order valence-corrected chi connectivity index (χ0v) is 18.9. The average Bonchev–Trinajstić information content (AvgIpc) is 3.57. The van der Waals surface area contributed by atoms with E-state index in [1.54, 1.807) is 30.3 Å². The second-order valence-electron chi connectivity index (χ2n) is 7.94. The van der Waals surface area contributed by atoms with E-state index in [-0.39, 0.29) is 17.7 Å². The second kappa shape index (κ2) is 9.05. The number of fused-ring (bicyclic) bond motifs is 1. The lowest BCUT2D eigenvalue weighted by molar-refractivity contribution is 0.0858. The van der Waals surface area contributed by atoms with Gasteiger partial charge in [0.15, 0.2) is 11.5 Å². The Bertz CT molecular complexity index is 1150. The first-order chi connectivity index (χ1) is 15.6. The molecule has 2 N–H and O–H groups in total. The number of hydrogen-bond acceptors (Lipinski definition) is 6. The summed E-state index contributed by atoms with van der Waals surface area (Å²) in [5, 5.41) is 10.9. The summed E-state index contributed by atoms with van der Waals surface area (Å²) in [6.45, 7) is 1.22. The first-order valence-electron chi connectivity index (χ1n) is 10.7. The van der Waals surface area contributed by atoms with Crippen molar-refractivity contribution in [2.45, 2.75) is 38.2 Å². The maximum atomic E-state index is 13.0. The number of anilines is 1. The lowest BCUT2D eigenvalue weighted by atomic mass is 10.1. The van der Waals surface area contributed by atoms with E-state index in [9.17, 15) is 9.59 Å². The van der Waals surface area contributed by atoms with E-state index >= 15 is 0 Å². The van der Waals surface area contributed by atoms with Crippen molar-refractivity contribution in [3.8, 4) is 11.3 Å². The lowest BCUT2D eigenvalue weighted by Gasteiger charge is -2.12. The van der Waals surface area contributed by atoms with Gasteiger partial charge in [0.25, 0.3) is 11.8 Å². The van der Waals surface area contributed by atoms with Crippen LogP contribution in [0.5, 0.6) is 0 Å². The zero-order valence-electron chi connectivity index (χ0n) is 17.3. The van der Waals surface area contributed by atoms with Gasteiger partial charge in [-0.1, -0.05) is 16.8 Å². The number of hydrogen-bond donors (Lipinski definition) is 2. The fourth-order valence-corrected chi connectivity index (χ4v) is 5.54. The van der Waals surface area contributed by atoms with Crippen LogP contribution in [0.25, 0.3) is 11.3 Å². The summed E-state index contributed by atoms with van der Waals surface area (Å²) in [5.74, 6) is -0.116. The first kappa shape index (κ1) is 21.2. The van der Waals surface area contributed by atoms with Crippen LogP contribution in [0.2, 0.25) is 5.02 Å². The average molecular weight is 472 g/mol. The molecule has 1 saturated heterocycles. The van der Waals surface area contributed by atoms with Gasteiger partial charge in [-0.05, 0) is 61.9 Å². The molecule has 2 amide bonds. The van der Waals surface area contributed by atoms with Gasteiger partial charge in [-0.3, -0.25) is 9.59 Å². The van der Waals surface area contributed by atoms with E-state index in [0.29, 0.717) is 27.9 Å². The van der Waals surface area contributed by atoms with Crippen LogP contribution in [0.4, 0.5) is 5.00 Å². The fourth-order valence-electron chi connectivity index (χ4n) is 4.13. The molecule has 0 spiro atoms. The number of aryl methyl sites for hydroxylation is 1. The molecule has 5 rings (SSSR count). The Labute approximate surface area is 194 Å². The molecule has 32 heavy (non-hydrogen) atoms. The molecule has 2 aromatic heterocycles. The van der Waals surface area contributed by atoms with Crippen molar-refractivity contribution in [1.82, 2.24) is 10.5 Å². The predicted octanol–water partition coefficient (Wildman–Crippen LogP) is 4.71. The van der Waals surface area contributed by atoms with Crippen molar-refractivity contribution in [2.24, 2.45) is 0 Å². The fraction of sp³-hybridized carbons (Fsp3) is 0.348. The normalized spacial score (nSPS) is 17.3. The number of carbonyl (C=O) groups excluding carboxylic acids is 2. The molecule has 166 valence electrons. The number of carbonyl (C=O) groups is 2. The van der Waals surface area contributed by atoms with E-state index in [0.717, 1.165) is 54.7 Å². The van der Waals surface area contributed by atoms with Gasteiger partial charge >= 0.3 is 0 Å². The van der Waals surface area contributed by atoms with Crippen LogP contribution in [0.3, 0.4) is 0 Å². The highest BCUT2D eigenvalue weighted by atomic mass is 35.5. The summed E-state index contributed by atoms with van der Waals surface area (Å²) in [4.78, 5) is 27.1. The van der Waals surface area contributed by atoms with Crippen LogP contribution in [-0.2, 0) is 17.6 Å². The molecule has 9 heteroatoms. The number of nitrogens with one attached hydrogen (secondary N) is 2. The number of halogens is 1. The quantitative estimate of drug-likeness (QED) is 0.543. The van der Waals surface area contributed by atoms with Gasteiger partial charge in [-0.2, -0.15) is 0 Å². The summed E-state index contributed by atoms with van der Waals surface area (Å²) in [5.41, 5.74) is 2.52. The summed E-state index contributed by atoms with van der Waals surface area (Å²) in [7, 11) is 0. The van der Waals surface area contributed by atoms with Crippen LogP contribution in [0.15, 0.2) is 34.9 Å². The minimum atomic E-state index is -0.415. The summed E-state index contributed by atoms with van der Waals surface area (Å²) >= 11 is 7.39. The Morgan fingerprint density at radius 2 is 2.00 bits per heavy atom. The van der Waals surface area contributed by atoms with Gasteiger partial charge in [0.05, 0.1) is 11.7 Å². The number of ether oxygens (including phenoxy) is 1. The molecule has 1 fully saturated rings. The van der Waals surface area contributed by atoms with Crippen molar-refractivity contribution < 1.29 is 18.8 Å². The molecule has 0 saturated carbocycles. The molecule has 2 aliphatic rings. The highest BCUT2D eigenvalue weighted by Gasteiger charge is 2.29. The van der Waals surface area contributed by atoms with Crippen molar-refractivity contribution >= 4 is 39.8 Å². The maximum absolute atomic E-state index is 13.0. The van der Waals surface area contributed by atoms with E-state index in [1.807, 2.05) is 0 Å². The largest absolute Gasteiger partial charge is 0.376 e. The second-order valence-corrected chi connectivity index (χ2v) is 9.49. The van der Waals surface area contributed by atoms with Crippen LogP contribution in [0, 0.1) is 0 Å². The van der Waals surface area contributed by atoms with Gasteiger partial charge in [0.1, 0.15) is 5.00 Å². The third-order valence-electron chi connectivity index (χ3n) is 5.76. The van der Waals surface area contributed by atoms with Crippen molar-refractivity contribution in [2.75, 3.05) is 18.5 Å². The monoisotopic (exact) mass is 471 g/mol. The molecule has 1 aromatic carbocycles. The van der Waals surface area contributed by atoms with E-state index < -0.39 is 5.91 Å². The SMILES string of the molecule is O=C(Nc1sc2c(c1C(=O)NCC1CCCO1)CCC2)c1cc(-c2ccc(Cl)cc2)on1. The molecule has 1 aliphatic heterocycles. The number of thiophene rings is 1. The van der Waals surface area contributed by atoms with Gasteiger partial charge in [0.2, 0.25) is 0 Å². The Hall–Kier alpha value is -2.68. The number of aromatic nitrogens is 1. The van der Waals surface area contributed by atoms with Crippen molar-refractivity contribution in [1.29, 1.82) is 0 Å². The molecule has 7 nitrogen and oxygen atoms in total. The molecule has 0 radical (unpaired) electrons. The number of rotatable bonds is 6. The summed E-state index contributed by atoms with van der Waals surface area (Å²) in [6.07, 6.45) is 4.82. The van der Waals surface area contributed by atoms with Crippen molar-refractivity contribution in [3.05, 3.63) is 57.1 Å². The van der Waals surface area contributed by atoms with Crippen LogP contribution in [0.1, 0.15) is 50.5 Å². The maximum Gasteiger partial charge on any atom is 0.278 e. The van der Waals surface area contributed by atoms with Crippen LogP contribution < -0.4 is 10.6 Å². The molecule has 3 aromatic rings. The number of amides is 2. The first-order valence-corrected chi connectivity index (χ1v) is 11.9. The van der Waals surface area contributed by atoms with E-state index in [4.69, 9.17) is 20.9 Å². The van der Waals surface area contributed by atoms with Gasteiger partial charge < -0.3 is 19.9 Å². The Kier molecular flexibility index (Phi) is 5.99. The van der Waals surface area contributed by atoms with Gasteiger partial charge in [-0.25, -0.2) is 0 Å². The third kappa shape index (κ3) is 4.30. The molecule has 1 unspecified atom stereocenters. The van der Waals surface area contributed by atoms with Gasteiger partial charge in [-0.15, -0.1) is 11.3 Å². The summed E-state index contributed by atoms with van der Waals surface area (Å²) < 4.78 is 10.9. The standard InChI is InChI=1S/C23H22ClN3O4S/c24-14-8-6-13(7-9-14)18-11-17(27-31-18)21(28)26-23-20(16-4-1-5-19(16)32-23)22(29)25-12-15-3-2-10-30-15/h6-9,11,15H,1-5,10,12H2,(H,25,29)(H,26,28). The molecule has 3 heterocycles. The Balaban J connectivity index is 1.33. The smallest absolute Gasteiger partial charge is 0.278 e. The van der Waals surface area contributed by atoms with E-state index in [1.165, 1.54) is 11.3 Å². The zero-order chi connectivity index (χ0) is 22.1. The third-order valence-corrected chi connectivity index (χ3v) is 7.22. The highest BCUT2D eigenvalue weighted by molar-refractivity contribution is 7.17. The molecule has 1 aliphatic carbocycles. The molecular formula is C23H22ClN3O4S. The molecular weight excluding hydrogens is 450 g/mol. The van der Waals surface area contributed by atoms with E-state index in [2.05, 4.69) is 15.8 Å².